The maximum Gasteiger partial charge on any atom is 0.188 e. The smallest absolute Gasteiger partial charge is 0.188 e. The van der Waals surface area contributed by atoms with Crippen LogP contribution in [-0.2, 0) is 0 Å². The predicted molar refractivity (Wildman–Crippen MR) is 74.3 cm³/mol. The maximum absolute atomic E-state index is 13.3. The minimum atomic E-state index is -0.442. The summed E-state index contributed by atoms with van der Waals surface area (Å²) < 4.78 is 14.4. The summed E-state index contributed by atoms with van der Waals surface area (Å²) in [6.45, 7) is 0. The average Bonchev–Trinajstić information content (AvgIpc) is 2.76. The molecule has 1 N–H and O–H groups in total. The van der Waals surface area contributed by atoms with Crippen LogP contribution >= 0.6 is 22.9 Å². The van der Waals surface area contributed by atoms with Crippen LogP contribution in [0, 0.1) is 5.82 Å². The Morgan fingerprint density at radius 2 is 2.00 bits per heavy atom. The van der Waals surface area contributed by atoms with E-state index in [1.807, 2.05) is 24.3 Å². The minimum absolute atomic E-state index is 0.116. The molecule has 0 bridgehead atoms. The maximum atomic E-state index is 13.3. The van der Waals surface area contributed by atoms with Crippen molar-refractivity contribution < 1.29 is 4.39 Å². The topological polar surface area (TPSA) is 24.9 Å². The third-order valence-electron chi connectivity index (χ3n) is 2.46. The van der Waals surface area contributed by atoms with Gasteiger partial charge in [0, 0.05) is 5.69 Å². The molecule has 0 radical (unpaired) electrons. The van der Waals surface area contributed by atoms with E-state index < -0.39 is 5.82 Å². The van der Waals surface area contributed by atoms with Crippen LogP contribution < -0.4 is 5.32 Å². The molecule has 0 aliphatic heterocycles. The van der Waals surface area contributed by atoms with Gasteiger partial charge in [-0.15, -0.1) is 0 Å². The molecule has 0 aliphatic carbocycles. The van der Waals surface area contributed by atoms with Gasteiger partial charge in [-0.3, -0.25) is 0 Å². The third-order valence-corrected chi connectivity index (χ3v) is 3.72. The largest absolute Gasteiger partial charge is 0.331 e. The summed E-state index contributed by atoms with van der Waals surface area (Å²) in [7, 11) is 0. The van der Waals surface area contributed by atoms with Crippen LogP contribution in [0.15, 0.2) is 42.5 Å². The van der Waals surface area contributed by atoms with Crippen molar-refractivity contribution in [3.8, 4) is 0 Å². The average molecular weight is 279 g/mol. The van der Waals surface area contributed by atoms with Gasteiger partial charge in [-0.25, -0.2) is 9.37 Å². The number of fused-ring (bicyclic) bond motifs is 1. The van der Waals surface area contributed by atoms with Gasteiger partial charge < -0.3 is 5.32 Å². The number of benzene rings is 2. The van der Waals surface area contributed by atoms with Gasteiger partial charge in [0.15, 0.2) is 5.13 Å². The standard InChI is InChI=1S/C13H8ClFN2S/c14-9-6-5-8(7-10(9)15)16-13-17-11-3-1-2-4-12(11)18-13/h1-7H,(H,16,17). The molecule has 5 heteroatoms. The molecular formula is C13H8ClFN2S. The van der Waals surface area contributed by atoms with Gasteiger partial charge in [0.2, 0.25) is 0 Å². The number of halogens is 2. The monoisotopic (exact) mass is 278 g/mol. The van der Waals surface area contributed by atoms with Crippen molar-refractivity contribution in [2.45, 2.75) is 0 Å². The molecule has 0 aliphatic rings. The second-order valence-corrected chi connectivity index (χ2v) is 5.18. The second kappa shape index (κ2) is 4.55. The summed E-state index contributed by atoms with van der Waals surface area (Å²) in [4.78, 5) is 4.41. The lowest BCUT2D eigenvalue weighted by atomic mass is 10.3. The fourth-order valence-electron chi connectivity index (χ4n) is 1.62. The predicted octanol–water partition coefficient (Wildman–Crippen LogP) is 4.83. The fourth-order valence-corrected chi connectivity index (χ4v) is 2.63. The highest BCUT2D eigenvalue weighted by Crippen LogP contribution is 2.29. The van der Waals surface area contributed by atoms with Gasteiger partial charge in [0.05, 0.1) is 15.2 Å². The molecule has 3 aromatic rings. The lowest BCUT2D eigenvalue weighted by molar-refractivity contribution is 0.629. The Balaban J connectivity index is 1.93. The molecule has 3 rings (SSSR count). The first kappa shape index (κ1) is 11.4. The van der Waals surface area contributed by atoms with Gasteiger partial charge in [-0.1, -0.05) is 35.1 Å². The zero-order chi connectivity index (χ0) is 12.5. The van der Waals surface area contributed by atoms with Gasteiger partial charge in [-0.2, -0.15) is 0 Å². The molecular weight excluding hydrogens is 271 g/mol. The highest BCUT2D eigenvalue weighted by molar-refractivity contribution is 7.22. The van der Waals surface area contributed by atoms with E-state index in [9.17, 15) is 4.39 Å². The first-order valence-electron chi connectivity index (χ1n) is 5.30. The molecule has 1 aromatic heterocycles. The molecule has 0 unspecified atom stereocenters. The van der Waals surface area contributed by atoms with Crippen molar-refractivity contribution >= 4 is 44.0 Å². The Bertz CT molecular complexity index is 678. The Labute approximate surface area is 112 Å². The fraction of sp³-hybridized carbons (Fsp3) is 0. The molecule has 0 saturated carbocycles. The van der Waals surface area contributed by atoms with Crippen LogP contribution in [0.4, 0.5) is 15.2 Å². The highest BCUT2D eigenvalue weighted by atomic mass is 35.5. The van der Waals surface area contributed by atoms with Crippen molar-refractivity contribution in [2.24, 2.45) is 0 Å². The molecule has 18 heavy (non-hydrogen) atoms. The summed E-state index contributed by atoms with van der Waals surface area (Å²) in [6, 6.07) is 12.4. The molecule has 0 spiro atoms. The summed E-state index contributed by atoms with van der Waals surface area (Å²) >= 11 is 7.16. The number of nitrogens with zero attached hydrogens (tertiary/aromatic N) is 1. The number of hydrogen-bond donors (Lipinski definition) is 1. The second-order valence-electron chi connectivity index (χ2n) is 3.74. The molecule has 90 valence electrons. The number of aromatic nitrogens is 1. The summed E-state index contributed by atoms with van der Waals surface area (Å²) in [5, 5.41) is 3.92. The van der Waals surface area contributed by atoms with Crippen LogP contribution in [0.3, 0.4) is 0 Å². The minimum Gasteiger partial charge on any atom is -0.331 e. The normalized spacial score (nSPS) is 10.8. The number of para-hydroxylation sites is 1. The first-order valence-corrected chi connectivity index (χ1v) is 6.49. The molecule has 0 atom stereocenters. The Hall–Kier alpha value is -1.65. The lowest BCUT2D eigenvalue weighted by Crippen LogP contribution is -1.90. The van der Waals surface area contributed by atoms with Crippen LogP contribution in [0.1, 0.15) is 0 Å². The summed E-state index contributed by atoms with van der Waals surface area (Å²) in [6.07, 6.45) is 0. The first-order chi connectivity index (χ1) is 8.72. The summed E-state index contributed by atoms with van der Waals surface area (Å²) in [5.41, 5.74) is 1.57. The molecule has 2 aromatic carbocycles. The van der Waals surface area contributed by atoms with E-state index in [-0.39, 0.29) is 5.02 Å². The quantitative estimate of drug-likeness (QED) is 0.726. The number of anilines is 2. The number of hydrogen-bond acceptors (Lipinski definition) is 3. The number of rotatable bonds is 2. The van der Waals surface area contributed by atoms with E-state index >= 15 is 0 Å². The van der Waals surface area contributed by atoms with Crippen LogP contribution in [0.25, 0.3) is 10.2 Å². The highest BCUT2D eigenvalue weighted by Gasteiger charge is 2.05. The number of thiazole rings is 1. The van der Waals surface area contributed by atoms with Crippen LogP contribution in [0.5, 0.6) is 0 Å². The number of nitrogens with one attached hydrogen (secondary N) is 1. The molecule has 0 amide bonds. The van der Waals surface area contributed by atoms with Gasteiger partial charge in [0.1, 0.15) is 5.82 Å². The van der Waals surface area contributed by atoms with Crippen molar-refractivity contribution in [1.29, 1.82) is 0 Å². The molecule has 0 saturated heterocycles. The van der Waals surface area contributed by atoms with Crippen molar-refractivity contribution in [1.82, 2.24) is 4.98 Å². The third kappa shape index (κ3) is 2.17. The Kier molecular flexibility index (Phi) is 2.89. The Morgan fingerprint density at radius 3 is 2.78 bits per heavy atom. The zero-order valence-corrected chi connectivity index (χ0v) is 10.7. The van der Waals surface area contributed by atoms with Crippen LogP contribution in [0.2, 0.25) is 5.02 Å². The van der Waals surface area contributed by atoms with Crippen molar-refractivity contribution in [3.63, 3.8) is 0 Å². The van der Waals surface area contributed by atoms with E-state index in [0.29, 0.717) is 5.69 Å². The zero-order valence-electron chi connectivity index (χ0n) is 9.15. The molecule has 0 fully saturated rings. The van der Waals surface area contributed by atoms with Gasteiger partial charge >= 0.3 is 0 Å². The van der Waals surface area contributed by atoms with E-state index in [1.165, 1.54) is 23.5 Å². The SMILES string of the molecule is Fc1cc(Nc2nc3ccccc3s2)ccc1Cl. The van der Waals surface area contributed by atoms with E-state index in [1.54, 1.807) is 6.07 Å². The van der Waals surface area contributed by atoms with E-state index in [4.69, 9.17) is 11.6 Å². The van der Waals surface area contributed by atoms with E-state index in [2.05, 4.69) is 10.3 Å². The van der Waals surface area contributed by atoms with Crippen molar-refractivity contribution in [2.75, 3.05) is 5.32 Å². The molecule has 2 nitrogen and oxygen atoms in total. The van der Waals surface area contributed by atoms with Gasteiger partial charge in [-0.05, 0) is 30.3 Å². The van der Waals surface area contributed by atoms with Gasteiger partial charge in [0.25, 0.3) is 0 Å². The van der Waals surface area contributed by atoms with E-state index in [0.717, 1.165) is 15.3 Å². The lowest BCUT2D eigenvalue weighted by Gasteiger charge is -2.02. The van der Waals surface area contributed by atoms with Crippen LogP contribution in [-0.4, -0.2) is 4.98 Å². The summed E-state index contributed by atoms with van der Waals surface area (Å²) in [5.74, 6) is -0.442. The van der Waals surface area contributed by atoms with Crippen molar-refractivity contribution in [3.05, 3.63) is 53.3 Å². The Morgan fingerprint density at radius 1 is 1.17 bits per heavy atom. The molecule has 1 heterocycles.